The quantitative estimate of drug-likeness (QED) is 0.674. The second-order valence-corrected chi connectivity index (χ2v) is 4.43. The molecule has 0 atom stereocenters. The van der Waals surface area contributed by atoms with Crippen LogP contribution in [0.1, 0.15) is 1.37 Å². The van der Waals surface area contributed by atoms with Crippen LogP contribution < -0.4 is 4.90 Å². The molecule has 3 rings (SSSR count). The molecule has 0 unspecified atom stereocenters. The fourth-order valence-corrected chi connectivity index (χ4v) is 2.00. The van der Waals surface area contributed by atoms with Crippen LogP contribution in [0.4, 0.5) is 11.6 Å². The minimum atomic E-state index is 0.0766. The maximum Gasteiger partial charge on any atom is 0.232 e. The van der Waals surface area contributed by atoms with Gasteiger partial charge < -0.3 is 9.64 Å². The van der Waals surface area contributed by atoms with Crippen LogP contribution in [0.2, 0.25) is 0 Å². The molecule has 0 saturated carbocycles. The van der Waals surface area contributed by atoms with E-state index in [2.05, 4.69) is 19.9 Å². The molecular formula is C16H15N5O. The minimum absolute atomic E-state index is 0.0766. The van der Waals surface area contributed by atoms with Crippen LogP contribution in [-0.2, 0) is 4.74 Å². The summed E-state index contributed by atoms with van der Waals surface area (Å²) in [7, 11) is 1.60. The average Bonchev–Trinajstić information content (AvgIpc) is 2.59. The summed E-state index contributed by atoms with van der Waals surface area (Å²) >= 11 is 0. The van der Waals surface area contributed by atoms with Crippen molar-refractivity contribution in [3.63, 3.8) is 0 Å². The van der Waals surface area contributed by atoms with E-state index in [1.165, 1.54) is 6.20 Å². The highest BCUT2D eigenvalue weighted by Crippen LogP contribution is 2.22. The topological polar surface area (TPSA) is 64.0 Å². The van der Waals surface area contributed by atoms with Crippen LogP contribution in [0.3, 0.4) is 0 Å². The summed E-state index contributed by atoms with van der Waals surface area (Å²) in [6, 6.07) is 9.80. The number of nitrogens with zero attached hydrogens (tertiary/aromatic N) is 5. The molecule has 0 aliphatic heterocycles. The smallest absolute Gasteiger partial charge is 0.232 e. The predicted octanol–water partition coefficient (Wildman–Crippen LogP) is 2.72. The van der Waals surface area contributed by atoms with Crippen LogP contribution in [-0.4, -0.2) is 33.6 Å². The fourth-order valence-electron chi connectivity index (χ4n) is 2.00. The molecule has 3 aromatic rings. The van der Waals surface area contributed by atoms with E-state index >= 15 is 0 Å². The van der Waals surface area contributed by atoms with Crippen LogP contribution >= 0.6 is 0 Å². The van der Waals surface area contributed by atoms with Crippen molar-refractivity contribution < 1.29 is 6.11 Å². The molecule has 0 amide bonds. The number of para-hydroxylation sites is 1. The SMILES string of the molecule is [2H]c1cnc2cnc(N(CC=COC)c3ccccc3)nc2n1. The molecule has 0 aliphatic carbocycles. The molecule has 0 bridgehead atoms. The van der Waals surface area contributed by atoms with E-state index in [9.17, 15) is 0 Å². The van der Waals surface area contributed by atoms with Crippen molar-refractivity contribution in [3.8, 4) is 0 Å². The van der Waals surface area contributed by atoms with Crippen LogP contribution in [0, 0.1) is 0 Å². The van der Waals surface area contributed by atoms with Gasteiger partial charge in [0, 0.05) is 24.6 Å². The molecule has 0 N–H and O–H groups in total. The van der Waals surface area contributed by atoms with Crippen LogP contribution in [0.25, 0.3) is 11.2 Å². The van der Waals surface area contributed by atoms with Gasteiger partial charge in [0.2, 0.25) is 5.95 Å². The first-order valence-electron chi connectivity index (χ1n) is 7.25. The van der Waals surface area contributed by atoms with Gasteiger partial charge in [0.1, 0.15) is 5.52 Å². The van der Waals surface area contributed by atoms with Gasteiger partial charge in [-0.2, -0.15) is 4.98 Å². The summed E-state index contributed by atoms with van der Waals surface area (Å²) in [4.78, 5) is 18.9. The average molecular weight is 294 g/mol. The molecule has 1 aromatic carbocycles. The molecule has 0 spiro atoms. The first kappa shape index (κ1) is 12.7. The Morgan fingerprint density at radius 1 is 1.23 bits per heavy atom. The van der Waals surface area contributed by atoms with Gasteiger partial charge in [-0.3, -0.25) is 0 Å². The van der Waals surface area contributed by atoms with Crippen molar-refractivity contribution >= 4 is 22.8 Å². The highest BCUT2D eigenvalue weighted by atomic mass is 16.5. The van der Waals surface area contributed by atoms with Gasteiger partial charge in [-0.25, -0.2) is 15.0 Å². The van der Waals surface area contributed by atoms with Gasteiger partial charge >= 0.3 is 0 Å². The summed E-state index contributed by atoms with van der Waals surface area (Å²) in [5, 5.41) is 0. The minimum Gasteiger partial charge on any atom is -0.505 e. The lowest BCUT2D eigenvalue weighted by atomic mass is 10.3. The number of rotatable bonds is 5. The first-order chi connectivity index (χ1) is 11.3. The van der Waals surface area contributed by atoms with Crippen molar-refractivity contribution in [3.05, 3.63) is 61.2 Å². The Labute approximate surface area is 129 Å². The molecule has 2 heterocycles. The second-order valence-electron chi connectivity index (χ2n) is 4.43. The molecule has 110 valence electrons. The molecule has 22 heavy (non-hydrogen) atoms. The number of fused-ring (bicyclic) bond motifs is 1. The molecule has 2 aromatic heterocycles. The standard InChI is InChI=1S/C16H15N5O/c1-22-11-5-10-21(13-6-3-2-4-7-13)16-19-12-14-15(20-16)18-9-8-17-14/h2-9,11-12H,10H2,1H3/i9D. The zero-order valence-electron chi connectivity index (χ0n) is 13.0. The molecule has 0 radical (unpaired) electrons. The van der Waals surface area contributed by atoms with E-state index in [1.54, 1.807) is 19.6 Å². The van der Waals surface area contributed by atoms with Gasteiger partial charge in [-0.15, -0.1) is 0 Å². The van der Waals surface area contributed by atoms with E-state index < -0.39 is 0 Å². The molecule has 0 aliphatic rings. The molecule has 6 heteroatoms. The summed E-state index contributed by atoms with van der Waals surface area (Å²) in [6.45, 7) is 0.539. The number of anilines is 2. The summed E-state index contributed by atoms with van der Waals surface area (Å²) in [5.74, 6) is 0.490. The number of hydrogen-bond donors (Lipinski definition) is 0. The summed E-state index contributed by atoms with van der Waals surface area (Å²) in [5.41, 5.74) is 1.91. The number of hydrogen-bond acceptors (Lipinski definition) is 6. The largest absolute Gasteiger partial charge is 0.505 e. The van der Waals surface area contributed by atoms with Crippen molar-refractivity contribution in [2.24, 2.45) is 0 Å². The Balaban J connectivity index is 2.03. The van der Waals surface area contributed by atoms with Gasteiger partial charge in [-0.1, -0.05) is 18.2 Å². The van der Waals surface area contributed by atoms with Crippen LogP contribution in [0.15, 0.2) is 61.2 Å². The summed E-state index contributed by atoms with van der Waals surface area (Å²) in [6.07, 6.45) is 6.54. The van der Waals surface area contributed by atoms with E-state index in [1.807, 2.05) is 41.3 Å². The van der Waals surface area contributed by atoms with Crippen molar-refractivity contribution in [2.75, 3.05) is 18.6 Å². The van der Waals surface area contributed by atoms with Crippen molar-refractivity contribution in [1.29, 1.82) is 0 Å². The monoisotopic (exact) mass is 294 g/mol. The maximum absolute atomic E-state index is 7.58. The Morgan fingerprint density at radius 3 is 2.91 bits per heavy atom. The lowest BCUT2D eigenvalue weighted by Crippen LogP contribution is -2.19. The second kappa shape index (κ2) is 6.62. The van der Waals surface area contributed by atoms with E-state index in [-0.39, 0.29) is 6.17 Å². The molecular weight excluding hydrogens is 278 g/mol. The van der Waals surface area contributed by atoms with Crippen molar-refractivity contribution in [2.45, 2.75) is 0 Å². The predicted molar refractivity (Wildman–Crippen MR) is 84.7 cm³/mol. The number of aromatic nitrogens is 4. The highest BCUT2D eigenvalue weighted by molar-refractivity contribution is 5.70. The van der Waals surface area contributed by atoms with E-state index in [0.29, 0.717) is 23.7 Å². The van der Waals surface area contributed by atoms with E-state index in [4.69, 9.17) is 6.11 Å². The third kappa shape index (κ3) is 3.01. The lowest BCUT2D eigenvalue weighted by molar-refractivity contribution is 0.337. The van der Waals surface area contributed by atoms with Gasteiger partial charge in [0.05, 0.1) is 20.9 Å². The zero-order valence-corrected chi connectivity index (χ0v) is 12.0. The maximum atomic E-state index is 7.58. The molecule has 0 fully saturated rings. The number of benzene rings is 1. The molecule has 6 nitrogen and oxygen atoms in total. The first-order valence-corrected chi connectivity index (χ1v) is 6.75. The third-order valence-corrected chi connectivity index (χ3v) is 3.00. The molecule has 0 saturated heterocycles. The zero-order chi connectivity index (χ0) is 16.1. The lowest BCUT2D eigenvalue weighted by Gasteiger charge is -2.21. The summed E-state index contributed by atoms with van der Waals surface area (Å²) < 4.78 is 12.5. The Bertz CT molecular complexity index is 825. The number of ether oxygens (including phenoxy) is 1. The number of methoxy groups -OCH3 is 1. The third-order valence-electron chi connectivity index (χ3n) is 3.00. The van der Waals surface area contributed by atoms with Gasteiger partial charge in [0.25, 0.3) is 0 Å². The Kier molecular flexibility index (Phi) is 3.82. The fraction of sp³-hybridized carbons (Fsp3) is 0.125. The Hall–Kier alpha value is -3.02. The van der Waals surface area contributed by atoms with Gasteiger partial charge in [0.15, 0.2) is 5.65 Å². The van der Waals surface area contributed by atoms with Gasteiger partial charge in [-0.05, 0) is 18.2 Å². The van der Waals surface area contributed by atoms with Crippen molar-refractivity contribution in [1.82, 2.24) is 19.9 Å². The Morgan fingerprint density at radius 2 is 2.09 bits per heavy atom. The normalized spacial score (nSPS) is 11.6. The van der Waals surface area contributed by atoms with Crippen LogP contribution in [0.5, 0.6) is 0 Å². The van der Waals surface area contributed by atoms with E-state index in [0.717, 1.165) is 5.69 Å². The highest BCUT2D eigenvalue weighted by Gasteiger charge is 2.12.